The second kappa shape index (κ2) is 8.25. The van der Waals surface area contributed by atoms with Crippen LogP contribution in [0.2, 0.25) is 0 Å². The Morgan fingerprint density at radius 2 is 2.18 bits per heavy atom. The maximum atomic E-state index is 12.1. The van der Waals surface area contributed by atoms with Crippen molar-refractivity contribution in [3.05, 3.63) is 23.9 Å². The largest absolute Gasteiger partial charge is 0.313 e. The molecular weight excluding hydrogens is 276 g/mol. The molecule has 1 aliphatic rings. The molecule has 0 radical (unpaired) electrons. The average Bonchev–Trinajstić information content (AvgIpc) is 2.41. The molecular formula is C17H28N4O. The summed E-state index contributed by atoms with van der Waals surface area (Å²) in [5, 5.41) is 6.44. The lowest BCUT2D eigenvalue weighted by Crippen LogP contribution is -2.47. The van der Waals surface area contributed by atoms with Crippen molar-refractivity contribution in [2.75, 3.05) is 32.0 Å². The van der Waals surface area contributed by atoms with Crippen LogP contribution in [-0.4, -0.2) is 48.5 Å². The molecule has 0 aliphatic heterocycles. The third-order valence-corrected chi connectivity index (χ3v) is 4.21. The van der Waals surface area contributed by atoms with E-state index in [-0.39, 0.29) is 11.8 Å². The number of nitrogens with one attached hydrogen (secondary N) is 2. The maximum absolute atomic E-state index is 12.1. The van der Waals surface area contributed by atoms with Gasteiger partial charge in [0.25, 0.3) is 0 Å². The number of carbonyl (C=O) groups is 1. The number of nitrogens with zero attached hydrogens (tertiary/aromatic N) is 2. The van der Waals surface area contributed by atoms with Crippen LogP contribution in [0.3, 0.4) is 0 Å². The number of carbonyl (C=O) groups excluding carboxylic acids is 1. The highest BCUT2D eigenvalue weighted by Gasteiger charge is 2.34. The Morgan fingerprint density at radius 1 is 1.41 bits per heavy atom. The van der Waals surface area contributed by atoms with Crippen molar-refractivity contribution in [3.63, 3.8) is 0 Å². The van der Waals surface area contributed by atoms with E-state index in [4.69, 9.17) is 0 Å². The average molecular weight is 304 g/mol. The lowest BCUT2D eigenvalue weighted by atomic mass is 9.79. The summed E-state index contributed by atoms with van der Waals surface area (Å²) < 4.78 is 0. The van der Waals surface area contributed by atoms with E-state index >= 15 is 0 Å². The third-order valence-electron chi connectivity index (χ3n) is 4.21. The van der Waals surface area contributed by atoms with Crippen LogP contribution in [-0.2, 0) is 4.79 Å². The van der Waals surface area contributed by atoms with Crippen LogP contribution in [0.5, 0.6) is 0 Å². The van der Waals surface area contributed by atoms with E-state index < -0.39 is 0 Å². The molecule has 0 spiro atoms. The topological polar surface area (TPSA) is 57.3 Å². The van der Waals surface area contributed by atoms with E-state index in [1.165, 1.54) is 6.42 Å². The Hall–Kier alpha value is -1.46. The van der Waals surface area contributed by atoms with Crippen LogP contribution in [0.4, 0.5) is 5.82 Å². The highest BCUT2D eigenvalue weighted by molar-refractivity contribution is 5.92. The summed E-state index contributed by atoms with van der Waals surface area (Å²) in [6, 6.07) is 4.31. The van der Waals surface area contributed by atoms with Crippen molar-refractivity contribution < 1.29 is 4.79 Å². The van der Waals surface area contributed by atoms with Gasteiger partial charge in [0.1, 0.15) is 5.82 Å². The van der Waals surface area contributed by atoms with Crippen LogP contribution < -0.4 is 10.6 Å². The van der Waals surface area contributed by atoms with Gasteiger partial charge in [0.15, 0.2) is 0 Å². The number of hydrogen-bond donors (Lipinski definition) is 2. The molecule has 5 nitrogen and oxygen atoms in total. The fourth-order valence-electron chi connectivity index (χ4n) is 2.78. The normalized spacial score (nSPS) is 20.7. The summed E-state index contributed by atoms with van der Waals surface area (Å²) in [7, 11) is 2.15. The van der Waals surface area contributed by atoms with Gasteiger partial charge in [0, 0.05) is 31.2 Å². The summed E-state index contributed by atoms with van der Waals surface area (Å²) >= 11 is 0. The SMILES string of the molecule is CCCN(C)CCNC1CC(C(=O)Nc2cc(C)ccn2)C1. The van der Waals surface area contributed by atoms with Crippen molar-refractivity contribution in [2.24, 2.45) is 5.92 Å². The molecule has 1 aromatic rings. The van der Waals surface area contributed by atoms with Crippen molar-refractivity contribution in [2.45, 2.75) is 39.2 Å². The van der Waals surface area contributed by atoms with Crippen molar-refractivity contribution in [3.8, 4) is 0 Å². The van der Waals surface area contributed by atoms with Gasteiger partial charge in [-0.1, -0.05) is 6.92 Å². The fraction of sp³-hybridized carbons (Fsp3) is 0.647. The van der Waals surface area contributed by atoms with Gasteiger partial charge in [-0.05, 0) is 57.5 Å². The summed E-state index contributed by atoms with van der Waals surface area (Å²) in [4.78, 5) is 18.6. The molecule has 5 heteroatoms. The molecule has 1 amide bonds. The van der Waals surface area contributed by atoms with Gasteiger partial charge in [-0.15, -0.1) is 0 Å². The van der Waals surface area contributed by atoms with Crippen molar-refractivity contribution in [1.29, 1.82) is 0 Å². The number of hydrogen-bond acceptors (Lipinski definition) is 4. The molecule has 1 heterocycles. The first-order valence-electron chi connectivity index (χ1n) is 8.24. The van der Waals surface area contributed by atoms with Crippen LogP contribution in [0.1, 0.15) is 31.7 Å². The maximum Gasteiger partial charge on any atom is 0.228 e. The van der Waals surface area contributed by atoms with Crippen LogP contribution in [0.25, 0.3) is 0 Å². The summed E-state index contributed by atoms with van der Waals surface area (Å²) in [6.07, 6.45) is 4.77. The smallest absolute Gasteiger partial charge is 0.228 e. The molecule has 1 aromatic heterocycles. The Labute approximate surface area is 133 Å². The zero-order valence-corrected chi connectivity index (χ0v) is 13.9. The predicted molar refractivity (Wildman–Crippen MR) is 89.9 cm³/mol. The number of pyridine rings is 1. The fourth-order valence-corrected chi connectivity index (χ4v) is 2.78. The molecule has 1 fully saturated rings. The first kappa shape index (κ1) is 16.9. The minimum Gasteiger partial charge on any atom is -0.313 e. The van der Waals surface area contributed by atoms with Crippen molar-refractivity contribution in [1.82, 2.24) is 15.2 Å². The van der Waals surface area contributed by atoms with Gasteiger partial charge in [-0.2, -0.15) is 0 Å². The van der Waals surface area contributed by atoms with Crippen LogP contribution in [0.15, 0.2) is 18.3 Å². The highest BCUT2D eigenvalue weighted by Crippen LogP contribution is 2.28. The highest BCUT2D eigenvalue weighted by atomic mass is 16.2. The lowest BCUT2D eigenvalue weighted by molar-refractivity contribution is -0.122. The molecule has 2 N–H and O–H groups in total. The molecule has 1 saturated carbocycles. The minimum absolute atomic E-state index is 0.0965. The molecule has 0 unspecified atom stereocenters. The Bertz CT molecular complexity index is 485. The van der Waals surface area contributed by atoms with Gasteiger partial charge in [-0.3, -0.25) is 4.79 Å². The Kier molecular flexibility index (Phi) is 6.34. The standard InChI is InChI=1S/C17H28N4O/c1-4-8-21(3)9-7-18-15-11-14(12-15)17(22)20-16-10-13(2)5-6-19-16/h5-6,10,14-15,18H,4,7-9,11-12H2,1-3H3,(H,19,20,22). The second-order valence-corrected chi connectivity index (χ2v) is 6.33. The Balaban J connectivity index is 1.63. The minimum atomic E-state index is 0.0965. The molecule has 1 aliphatic carbocycles. The van der Waals surface area contributed by atoms with Crippen LogP contribution in [0, 0.1) is 12.8 Å². The van der Waals surface area contributed by atoms with E-state index in [0.29, 0.717) is 11.9 Å². The van der Waals surface area contributed by atoms with Crippen molar-refractivity contribution >= 4 is 11.7 Å². The van der Waals surface area contributed by atoms with Gasteiger partial charge in [0.05, 0.1) is 0 Å². The predicted octanol–water partition coefficient (Wildman–Crippen LogP) is 2.04. The number of rotatable bonds is 8. The first-order valence-corrected chi connectivity index (χ1v) is 8.24. The van der Waals surface area contributed by atoms with Gasteiger partial charge in [0.2, 0.25) is 5.91 Å². The molecule has 0 atom stereocenters. The van der Waals surface area contributed by atoms with Crippen LogP contribution >= 0.6 is 0 Å². The van der Waals surface area contributed by atoms with Gasteiger partial charge < -0.3 is 15.5 Å². The van der Waals surface area contributed by atoms with E-state index in [0.717, 1.165) is 38.0 Å². The molecule has 0 saturated heterocycles. The first-order chi connectivity index (χ1) is 10.6. The second-order valence-electron chi connectivity index (χ2n) is 6.33. The molecule has 22 heavy (non-hydrogen) atoms. The van der Waals surface area contributed by atoms with E-state index in [9.17, 15) is 4.79 Å². The lowest BCUT2D eigenvalue weighted by Gasteiger charge is -2.35. The molecule has 0 bridgehead atoms. The molecule has 0 aromatic carbocycles. The van der Waals surface area contributed by atoms with E-state index in [2.05, 4.69) is 34.5 Å². The summed E-state index contributed by atoms with van der Waals surface area (Å²) in [5.74, 6) is 0.870. The zero-order valence-electron chi connectivity index (χ0n) is 13.9. The zero-order chi connectivity index (χ0) is 15.9. The number of aromatic nitrogens is 1. The van der Waals surface area contributed by atoms with Gasteiger partial charge >= 0.3 is 0 Å². The third kappa shape index (κ3) is 5.07. The van der Waals surface area contributed by atoms with Gasteiger partial charge in [-0.25, -0.2) is 4.98 Å². The number of aryl methyl sites for hydroxylation is 1. The summed E-state index contributed by atoms with van der Waals surface area (Å²) in [6.45, 7) is 7.39. The quantitative estimate of drug-likeness (QED) is 0.771. The number of anilines is 1. The summed E-state index contributed by atoms with van der Waals surface area (Å²) in [5.41, 5.74) is 1.11. The number of amides is 1. The Morgan fingerprint density at radius 3 is 2.86 bits per heavy atom. The molecule has 2 rings (SSSR count). The monoisotopic (exact) mass is 304 g/mol. The number of likely N-dealkylation sites (N-methyl/N-ethyl adjacent to an activating group) is 1. The van der Waals surface area contributed by atoms with E-state index in [1.807, 2.05) is 19.1 Å². The van der Waals surface area contributed by atoms with E-state index in [1.54, 1.807) is 6.20 Å². The molecule has 122 valence electrons.